The van der Waals surface area contributed by atoms with E-state index in [1.807, 2.05) is 25.3 Å². The topological polar surface area (TPSA) is 70.2 Å². The second-order valence-electron chi connectivity index (χ2n) is 6.66. The van der Waals surface area contributed by atoms with E-state index in [1.54, 1.807) is 18.3 Å². The van der Waals surface area contributed by atoms with Crippen molar-refractivity contribution >= 4 is 11.7 Å². The van der Waals surface area contributed by atoms with Crippen molar-refractivity contribution in [3.05, 3.63) is 42.0 Å². The maximum absolute atomic E-state index is 12.1. The molecular formula is C18H22N4O2. The van der Waals surface area contributed by atoms with E-state index in [2.05, 4.69) is 28.3 Å². The molecule has 6 nitrogen and oxygen atoms in total. The number of nitrogens with one attached hydrogen (secondary N) is 2. The molecule has 1 unspecified atom stereocenters. The molecule has 1 fully saturated rings. The molecular weight excluding hydrogens is 304 g/mol. The lowest BCUT2D eigenvalue weighted by atomic mass is 9.97. The highest BCUT2D eigenvalue weighted by Crippen LogP contribution is 2.68. The number of aromatic nitrogens is 2. The lowest BCUT2D eigenvalue weighted by Gasteiger charge is -2.23. The number of anilines is 1. The number of benzene rings is 1. The van der Waals surface area contributed by atoms with Gasteiger partial charge in [-0.25, -0.2) is 9.78 Å². The summed E-state index contributed by atoms with van der Waals surface area (Å²) in [5.41, 5.74) is 3.25. The Bertz CT molecular complexity index is 773. The number of fused-ring (bicyclic) bond motifs is 3. The Morgan fingerprint density at radius 3 is 3.04 bits per heavy atom. The van der Waals surface area contributed by atoms with Gasteiger partial charge in [0.15, 0.2) is 0 Å². The maximum atomic E-state index is 12.1. The van der Waals surface area contributed by atoms with E-state index in [1.165, 1.54) is 5.56 Å². The van der Waals surface area contributed by atoms with Crippen LogP contribution < -0.4 is 15.0 Å². The molecule has 1 aliphatic carbocycles. The molecule has 6 heteroatoms. The van der Waals surface area contributed by atoms with Gasteiger partial charge >= 0.3 is 6.03 Å². The Kier molecular flexibility index (Phi) is 3.30. The van der Waals surface area contributed by atoms with Crippen molar-refractivity contribution in [3.63, 3.8) is 0 Å². The third kappa shape index (κ3) is 1.95. The van der Waals surface area contributed by atoms with Crippen LogP contribution in [-0.4, -0.2) is 36.2 Å². The first kappa shape index (κ1) is 15.1. The summed E-state index contributed by atoms with van der Waals surface area (Å²) in [5, 5.41) is 2.70. The average Bonchev–Trinajstić information content (AvgIpc) is 2.99. The fourth-order valence-corrected chi connectivity index (χ4v) is 4.16. The minimum absolute atomic E-state index is 0.0183. The Hall–Kier alpha value is -2.50. The minimum Gasteiger partial charge on any atom is -0.493 e. The molecule has 2 aliphatic rings. The van der Waals surface area contributed by atoms with Crippen LogP contribution in [0.2, 0.25) is 0 Å². The molecule has 0 spiro atoms. The molecule has 2 aromatic rings. The number of urea groups is 1. The number of carbonyl (C=O) groups excluding carboxylic acids is 1. The highest BCUT2D eigenvalue weighted by atomic mass is 16.5. The SMILES string of the molecule is CCN(C(=O)NC)c1ccc2c(c1)[C@@H]1[C@H](CO2)C1(C)c1cnc[nH]1. The highest BCUT2D eigenvalue weighted by Gasteiger charge is 2.66. The molecule has 1 saturated carbocycles. The molecule has 126 valence electrons. The average molecular weight is 326 g/mol. The number of rotatable bonds is 3. The number of aromatic amines is 1. The predicted octanol–water partition coefficient (Wildman–Crippen LogP) is 2.64. The molecule has 0 bridgehead atoms. The zero-order valence-corrected chi connectivity index (χ0v) is 14.2. The number of hydrogen-bond acceptors (Lipinski definition) is 3. The molecule has 2 heterocycles. The molecule has 4 rings (SSSR count). The zero-order valence-electron chi connectivity index (χ0n) is 14.2. The molecule has 2 amide bonds. The smallest absolute Gasteiger partial charge is 0.321 e. The fraction of sp³-hybridized carbons (Fsp3) is 0.444. The highest BCUT2D eigenvalue weighted by molar-refractivity contribution is 5.92. The third-order valence-corrected chi connectivity index (χ3v) is 5.62. The lowest BCUT2D eigenvalue weighted by Crippen LogP contribution is -2.38. The molecule has 24 heavy (non-hydrogen) atoms. The molecule has 3 atom stereocenters. The molecule has 0 saturated heterocycles. The number of H-pyrrole nitrogens is 1. The van der Waals surface area contributed by atoms with Crippen molar-refractivity contribution in [2.45, 2.75) is 25.2 Å². The standard InChI is InChI=1S/C18H22N4O2/c1-4-22(17(23)19-3)11-5-6-14-12(7-11)16-13(9-24-14)18(16,2)15-8-20-10-21-15/h5-8,10,13,16H,4,9H2,1-3H3,(H,19,23)(H,20,21)/t13-,16+,18?/m0/s1. The fourth-order valence-electron chi connectivity index (χ4n) is 4.16. The van der Waals surface area contributed by atoms with Crippen LogP contribution in [0.15, 0.2) is 30.7 Å². The molecule has 2 N–H and O–H groups in total. The summed E-state index contributed by atoms with van der Waals surface area (Å²) >= 11 is 0. The summed E-state index contributed by atoms with van der Waals surface area (Å²) in [4.78, 5) is 21.3. The van der Waals surface area contributed by atoms with E-state index in [-0.39, 0.29) is 11.4 Å². The van der Waals surface area contributed by atoms with Crippen molar-refractivity contribution in [3.8, 4) is 5.75 Å². The van der Waals surface area contributed by atoms with E-state index in [4.69, 9.17) is 4.74 Å². The first-order chi connectivity index (χ1) is 11.6. The van der Waals surface area contributed by atoms with Gasteiger partial charge in [-0.3, -0.25) is 4.90 Å². The number of carbonyl (C=O) groups is 1. The van der Waals surface area contributed by atoms with Crippen LogP contribution in [0.5, 0.6) is 5.75 Å². The molecule has 1 aromatic heterocycles. The number of nitrogens with zero attached hydrogens (tertiary/aromatic N) is 2. The van der Waals surface area contributed by atoms with Crippen LogP contribution in [0.25, 0.3) is 0 Å². The van der Waals surface area contributed by atoms with Crippen LogP contribution in [-0.2, 0) is 5.41 Å². The van der Waals surface area contributed by atoms with Crippen molar-refractivity contribution in [1.29, 1.82) is 0 Å². The van der Waals surface area contributed by atoms with Crippen LogP contribution in [0, 0.1) is 5.92 Å². The number of amides is 2. The second kappa shape index (κ2) is 5.26. The lowest BCUT2D eigenvalue weighted by molar-refractivity contribution is 0.248. The molecule has 1 aliphatic heterocycles. The summed E-state index contributed by atoms with van der Waals surface area (Å²) in [5.74, 6) is 1.76. The van der Waals surface area contributed by atoms with E-state index in [9.17, 15) is 4.79 Å². The van der Waals surface area contributed by atoms with Crippen molar-refractivity contribution in [2.75, 3.05) is 25.1 Å². The monoisotopic (exact) mass is 326 g/mol. The van der Waals surface area contributed by atoms with Crippen molar-refractivity contribution in [2.24, 2.45) is 5.92 Å². The van der Waals surface area contributed by atoms with Crippen molar-refractivity contribution in [1.82, 2.24) is 15.3 Å². The summed E-state index contributed by atoms with van der Waals surface area (Å²) in [6.45, 7) is 5.57. The van der Waals surface area contributed by atoms with Gasteiger partial charge in [-0.2, -0.15) is 0 Å². The van der Waals surface area contributed by atoms with Gasteiger partial charge in [0.25, 0.3) is 0 Å². The summed E-state index contributed by atoms with van der Waals surface area (Å²) < 4.78 is 5.97. The van der Waals surface area contributed by atoms with Gasteiger partial charge in [0.1, 0.15) is 5.75 Å². The van der Waals surface area contributed by atoms with E-state index in [0.717, 1.165) is 23.7 Å². The molecule has 1 aromatic carbocycles. The van der Waals surface area contributed by atoms with E-state index < -0.39 is 0 Å². The van der Waals surface area contributed by atoms with Gasteiger partial charge in [-0.15, -0.1) is 0 Å². The Morgan fingerprint density at radius 2 is 2.38 bits per heavy atom. The Labute approximate surface area is 141 Å². The van der Waals surface area contributed by atoms with Crippen LogP contribution in [0.1, 0.15) is 31.0 Å². The predicted molar refractivity (Wildman–Crippen MR) is 91.6 cm³/mol. The van der Waals surface area contributed by atoms with Gasteiger partial charge in [0.2, 0.25) is 0 Å². The minimum atomic E-state index is -0.0992. The van der Waals surface area contributed by atoms with Crippen LogP contribution in [0.3, 0.4) is 0 Å². The Balaban J connectivity index is 1.72. The first-order valence-electron chi connectivity index (χ1n) is 8.36. The van der Waals surface area contributed by atoms with Gasteiger partial charge in [-0.05, 0) is 25.1 Å². The number of hydrogen-bond donors (Lipinski definition) is 2. The van der Waals surface area contributed by atoms with Crippen LogP contribution in [0.4, 0.5) is 10.5 Å². The van der Waals surface area contributed by atoms with E-state index in [0.29, 0.717) is 18.4 Å². The quantitative estimate of drug-likeness (QED) is 0.911. The third-order valence-electron chi connectivity index (χ3n) is 5.62. The second-order valence-corrected chi connectivity index (χ2v) is 6.66. The van der Waals surface area contributed by atoms with Crippen LogP contribution >= 0.6 is 0 Å². The van der Waals surface area contributed by atoms with Gasteiger partial charge in [0.05, 0.1) is 12.9 Å². The maximum Gasteiger partial charge on any atom is 0.321 e. The van der Waals surface area contributed by atoms with Gasteiger partial charge in [-0.1, -0.05) is 6.92 Å². The van der Waals surface area contributed by atoms with Crippen molar-refractivity contribution < 1.29 is 9.53 Å². The normalized spacial score (nSPS) is 26.8. The molecule has 0 radical (unpaired) electrons. The summed E-state index contributed by atoms with van der Waals surface area (Å²) in [6.07, 6.45) is 3.64. The first-order valence-corrected chi connectivity index (χ1v) is 8.36. The summed E-state index contributed by atoms with van der Waals surface area (Å²) in [7, 11) is 1.65. The largest absolute Gasteiger partial charge is 0.493 e. The van der Waals surface area contributed by atoms with E-state index >= 15 is 0 Å². The summed E-state index contributed by atoms with van der Waals surface area (Å²) in [6, 6.07) is 5.94. The Morgan fingerprint density at radius 1 is 1.54 bits per heavy atom. The van der Waals surface area contributed by atoms with Gasteiger partial charge in [0, 0.05) is 54.0 Å². The van der Waals surface area contributed by atoms with Gasteiger partial charge < -0.3 is 15.0 Å². The zero-order chi connectivity index (χ0) is 16.9. The number of ether oxygens (including phenoxy) is 1. The number of imidazole rings is 1.